The van der Waals surface area contributed by atoms with Crippen LogP contribution in [0.25, 0.3) is 11.0 Å². The molecular formula is C15H20Cl2N2. The van der Waals surface area contributed by atoms with Crippen LogP contribution < -0.4 is 0 Å². The highest BCUT2D eigenvalue weighted by Gasteiger charge is 2.17. The molecule has 0 radical (unpaired) electrons. The van der Waals surface area contributed by atoms with Gasteiger partial charge in [0.05, 0.1) is 16.9 Å². The van der Waals surface area contributed by atoms with E-state index < -0.39 is 0 Å². The van der Waals surface area contributed by atoms with Gasteiger partial charge in [-0.2, -0.15) is 0 Å². The molecule has 0 aliphatic heterocycles. The summed E-state index contributed by atoms with van der Waals surface area (Å²) in [5.41, 5.74) is 2.05. The van der Waals surface area contributed by atoms with E-state index in [-0.39, 0.29) is 0 Å². The van der Waals surface area contributed by atoms with Gasteiger partial charge in [0.25, 0.3) is 0 Å². The Morgan fingerprint density at radius 3 is 2.68 bits per heavy atom. The van der Waals surface area contributed by atoms with Crippen molar-refractivity contribution in [3.8, 4) is 0 Å². The average Bonchev–Trinajstić information content (AvgIpc) is 2.76. The summed E-state index contributed by atoms with van der Waals surface area (Å²) in [7, 11) is 0. The number of alkyl halides is 1. The molecule has 0 fully saturated rings. The van der Waals surface area contributed by atoms with Crippen molar-refractivity contribution >= 4 is 34.2 Å². The molecule has 1 heterocycles. The summed E-state index contributed by atoms with van der Waals surface area (Å²) in [6.07, 6.45) is 2.31. The van der Waals surface area contributed by atoms with Crippen LogP contribution in [-0.2, 0) is 5.88 Å². The molecule has 2 atom stereocenters. The highest BCUT2D eigenvalue weighted by molar-refractivity contribution is 6.31. The van der Waals surface area contributed by atoms with Gasteiger partial charge in [-0.25, -0.2) is 4.98 Å². The molecule has 2 aromatic rings. The minimum absolute atomic E-state index is 0.382. The second-order valence-electron chi connectivity index (χ2n) is 5.26. The van der Waals surface area contributed by atoms with E-state index >= 15 is 0 Å². The molecule has 19 heavy (non-hydrogen) atoms. The van der Waals surface area contributed by atoms with E-state index in [0.29, 0.717) is 17.8 Å². The van der Waals surface area contributed by atoms with Crippen LogP contribution >= 0.6 is 23.2 Å². The third-order valence-corrected chi connectivity index (χ3v) is 4.20. The lowest BCUT2D eigenvalue weighted by Gasteiger charge is -2.20. The second-order valence-corrected chi connectivity index (χ2v) is 5.97. The molecule has 4 heteroatoms. The fourth-order valence-corrected chi connectivity index (χ4v) is 2.91. The lowest BCUT2D eigenvalue weighted by atomic mass is 10.00. The SMILES string of the molecule is CCC(C)CC(C)n1c(CCl)nc2ccc(Cl)cc21. The fraction of sp³-hybridized carbons (Fsp3) is 0.533. The largest absolute Gasteiger partial charge is 0.324 e. The van der Waals surface area contributed by atoms with Crippen molar-refractivity contribution in [1.29, 1.82) is 0 Å². The molecule has 0 bridgehead atoms. The lowest BCUT2D eigenvalue weighted by Crippen LogP contribution is -2.11. The summed E-state index contributed by atoms with van der Waals surface area (Å²) < 4.78 is 2.24. The zero-order valence-electron chi connectivity index (χ0n) is 11.7. The molecule has 0 spiro atoms. The van der Waals surface area contributed by atoms with E-state index in [2.05, 4.69) is 30.3 Å². The quantitative estimate of drug-likeness (QED) is 0.673. The van der Waals surface area contributed by atoms with Crippen molar-refractivity contribution in [3.63, 3.8) is 0 Å². The summed E-state index contributed by atoms with van der Waals surface area (Å²) in [6, 6.07) is 6.19. The molecular weight excluding hydrogens is 279 g/mol. The number of hydrogen-bond acceptors (Lipinski definition) is 1. The maximum atomic E-state index is 6.11. The molecule has 104 valence electrons. The monoisotopic (exact) mass is 298 g/mol. The minimum atomic E-state index is 0.382. The van der Waals surface area contributed by atoms with Crippen LogP contribution in [0.5, 0.6) is 0 Å². The van der Waals surface area contributed by atoms with Crippen LogP contribution in [0.2, 0.25) is 5.02 Å². The first-order valence-corrected chi connectivity index (χ1v) is 7.70. The molecule has 0 saturated heterocycles. The molecule has 0 aliphatic carbocycles. The van der Waals surface area contributed by atoms with E-state index in [4.69, 9.17) is 23.2 Å². The molecule has 2 unspecified atom stereocenters. The Kier molecular flexibility index (Phi) is 4.75. The molecule has 2 rings (SSSR count). The Morgan fingerprint density at radius 2 is 2.05 bits per heavy atom. The summed E-state index contributed by atoms with van der Waals surface area (Å²) in [6.45, 7) is 6.73. The number of aromatic nitrogens is 2. The van der Waals surface area contributed by atoms with E-state index in [1.807, 2.05) is 18.2 Å². The van der Waals surface area contributed by atoms with Crippen molar-refractivity contribution in [2.24, 2.45) is 5.92 Å². The first-order valence-electron chi connectivity index (χ1n) is 6.79. The predicted octanol–water partition coefficient (Wildman–Crippen LogP) is 5.43. The van der Waals surface area contributed by atoms with Crippen LogP contribution in [0.15, 0.2) is 18.2 Å². The van der Waals surface area contributed by atoms with Gasteiger partial charge >= 0.3 is 0 Å². The van der Waals surface area contributed by atoms with Crippen LogP contribution in [0.3, 0.4) is 0 Å². The average molecular weight is 299 g/mol. The van der Waals surface area contributed by atoms with Crippen LogP contribution in [0.1, 0.15) is 45.5 Å². The fourth-order valence-electron chi connectivity index (χ4n) is 2.56. The molecule has 2 nitrogen and oxygen atoms in total. The van der Waals surface area contributed by atoms with Gasteiger partial charge in [0.1, 0.15) is 5.82 Å². The first kappa shape index (κ1) is 14.7. The second kappa shape index (κ2) is 6.15. The number of fused-ring (bicyclic) bond motifs is 1. The lowest BCUT2D eigenvalue weighted by molar-refractivity contribution is 0.399. The normalized spacial score (nSPS) is 14.8. The maximum Gasteiger partial charge on any atom is 0.125 e. The van der Waals surface area contributed by atoms with Crippen molar-refractivity contribution in [2.75, 3.05) is 0 Å². The van der Waals surface area contributed by atoms with Crippen LogP contribution in [0.4, 0.5) is 0 Å². The Morgan fingerprint density at radius 1 is 1.32 bits per heavy atom. The number of halogens is 2. The number of hydrogen-bond donors (Lipinski definition) is 0. The van der Waals surface area contributed by atoms with Gasteiger partial charge in [-0.15, -0.1) is 11.6 Å². The Balaban J connectivity index is 2.47. The first-order chi connectivity index (χ1) is 9.06. The molecule has 0 aliphatic rings. The molecule has 1 aromatic carbocycles. The van der Waals surface area contributed by atoms with Gasteiger partial charge in [-0.05, 0) is 37.5 Å². The number of rotatable bonds is 5. The smallest absolute Gasteiger partial charge is 0.125 e. The minimum Gasteiger partial charge on any atom is -0.324 e. The number of benzene rings is 1. The van der Waals surface area contributed by atoms with Crippen LogP contribution in [-0.4, -0.2) is 9.55 Å². The van der Waals surface area contributed by atoms with Crippen molar-refractivity contribution in [3.05, 3.63) is 29.0 Å². The third-order valence-electron chi connectivity index (χ3n) is 3.73. The standard InChI is InChI=1S/C15H20Cl2N2/c1-4-10(2)7-11(3)19-14-8-12(17)5-6-13(14)18-15(19)9-16/h5-6,8,10-11H,4,7,9H2,1-3H3. The predicted molar refractivity (Wildman–Crippen MR) is 83.1 cm³/mol. The highest BCUT2D eigenvalue weighted by Crippen LogP contribution is 2.28. The van der Waals surface area contributed by atoms with Gasteiger partial charge < -0.3 is 4.57 Å². The summed E-state index contributed by atoms with van der Waals surface area (Å²) in [5.74, 6) is 2.04. The van der Waals surface area contributed by atoms with Gasteiger partial charge in [-0.3, -0.25) is 0 Å². The zero-order valence-corrected chi connectivity index (χ0v) is 13.2. The van der Waals surface area contributed by atoms with E-state index in [9.17, 15) is 0 Å². The summed E-state index contributed by atoms with van der Waals surface area (Å²) >= 11 is 12.1. The van der Waals surface area contributed by atoms with Crippen molar-refractivity contribution in [1.82, 2.24) is 9.55 Å². The summed E-state index contributed by atoms with van der Waals surface area (Å²) in [5, 5.41) is 0.741. The Labute approximate surface area is 124 Å². The zero-order chi connectivity index (χ0) is 14.0. The van der Waals surface area contributed by atoms with Crippen molar-refractivity contribution < 1.29 is 0 Å². The molecule has 0 saturated carbocycles. The van der Waals surface area contributed by atoms with E-state index in [1.54, 1.807) is 0 Å². The Bertz CT molecular complexity index is 563. The number of imidazole rings is 1. The highest BCUT2D eigenvalue weighted by atomic mass is 35.5. The molecule has 1 aromatic heterocycles. The Hall–Kier alpha value is -0.730. The third kappa shape index (κ3) is 3.06. The van der Waals surface area contributed by atoms with Gasteiger partial charge in [-0.1, -0.05) is 31.9 Å². The van der Waals surface area contributed by atoms with E-state index in [0.717, 1.165) is 28.3 Å². The number of nitrogens with zero attached hydrogens (tertiary/aromatic N) is 2. The van der Waals surface area contributed by atoms with Gasteiger partial charge in [0, 0.05) is 11.1 Å². The van der Waals surface area contributed by atoms with Gasteiger partial charge in [0.2, 0.25) is 0 Å². The summed E-state index contributed by atoms with van der Waals surface area (Å²) in [4.78, 5) is 4.60. The molecule has 0 N–H and O–H groups in total. The topological polar surface area (TPSA) is 17.8 Å². The van der Waals surface area contributed by atoms with Crippen molar-refractivity contribution in [2.45, 2.75) is 45.5 Å². The van der Waals surface area contributed by atoms with Crippen LogP contribution in [0, 0.1) is 5.92 Å². The van der Waals surface area contributed by atoms with Gasteiger partial charge in [0.15, 0.2) is 0 Å². The van der Waals surface area contributed by atoms with E-state index in [1.165, 1.54) is 6.42 Å². The molecule has 0 amide bonds. The maximum absolute atomic E-state index is 6.11.